The first-order valence-corrected chi connectivity index (χ1v) is 8.79. The second-order valence-corrected chi connectivity index (χ2v) is 7.64. The number of aliphatic carboxylic acids is 1. The minimum atomic E-state index is -3.61. The number of carbonyl (C=O) groups is 1. The molecule has 1 N–H and O–H groups in total. The zero-order valence-corrected chi connectivity index (χ0v) is 13.9. The van der Waals surface area contributed by atoms with Crippen LogP contribution in [0.4, 0.5) is 0 Å². The molecule has 1 aliphatic rings. The lowest BCUT2D eigenvalue weighted by molar-refractivity contribution is -0.133. The third-order valence-corrected chi connectivity index (χ3v) is 6.01. The fourth-order valence-electron chi connectivity index (χ4n) is 2.35. The van der Waals surface area contributed by atoms with E-state index in [1.807, 2.05) is 6.92 Å². The van der Waals surface area contributed by atoms with Crippen molar-refractivity contribution in [1.29, 1.82) is 0 Å². The normalized spacial score (nSPS) is 20.1. The van der Waals surface area contributed by atoms with Crippen molar-refractivity contribution in [2.45, 2.75) is 30.7 Å². The maximum atomic E-state index is 12.7. The molecular formula is C14H16BrNO4S. The van der Waals surface area contributed by atoms with Crippen LogP contribution >= 0.6 is 15.9 Å². The molecule has 21 heavy (non-hydrogen) atoms. The van der Waals surface area contributed by atoms with E-state index < -0.39 is 16.0 Å². The number of rotatable bonds is 4. The second kappa shape index (κ2) is 6.29. The van der Waals surface area contributed by atoms with E-state index in [1.165, 1.54) is 10.4 Å². The summed E-state index contributed by atoms with van der Waals surface area (Å²) in [5.41, 5.74) is 0.282. The molecule has 0 saturated heterocycles. The molecule has 2 rings (SSSR count). The Bertz CT molecular complexity index is 667. The molecule has 0 radical (unpaired) electrons. The topological polar surface area (TPSA) is 74.7 Å². The Kier molecular flexibility index (Phi) is 4.85. The molecule has 0 bridgehead atoms. The number of hydrogen-bond donors (Lipinski definition) is 1. The Morgan fingerprint density at radius 3 is 2.52 bits per heavy atom. The quantitative estimate of drug-likeness (QED) is 0.879. The lowest BCUT2D eigenvalue weighted by Crippen LogP contribution is -2.43. The predicted octanol–water partition coefficient (Wildman–Crippen LogP) is 2.63. The highest BCUT2D eigenvalue weighted by Gasteiger charge is 2.34. The number of sulfonamides is 1. The van der Waals surface area contributed by atoms with Gasteiger partial charge in [-0.3, -0.25) is 0 Å². The fourth-order valence-corrected chi connectivity index (χ4v) is 4.25. The van der Waals surface area contributed by atoms with E-state index in [2.05, 4.69) is 15.9 Å². The van der Waals surface area contributed by atoms with Gasteiger partial charge in [-0.2, -0.15) is 4.31 Å². The van der Waals surface area contributed by atoms with E-state index in [9.17, 15) is 13.2 Å². The van der Waals surface area contributed by atoms with E-state index in [-0.39, 0.29) is 29.5 Å². The minimum absolute atomic E-state index is 0.0958. The summed E-state index contributed by atoms with van der Waals surface area (Å²) in [6.45, 7) is 1.96. The van der Waals surface area contributed by atoms with E-state index in [0.717, 1.165) is 4.47 Å². The van der Waals surface area contributed by atoms with Gasteiger partial charge in [-0.25, -0.2) is 13.2 Å². The zero-order valence-electron chi connectivity index (χ0n) is 11.5. The van der Waals surface area contributed by atoms with Gasteiger partial charge in [0.15, 0.2) is 0 Å². The largest absolute Gasteiger partial charge is 0.478 e. The molecular weight excluding hydrogens is 358 g/mol. The molecule has 1 aromatic rings. The third kappa shape index (κ3) is 3.36. The monoisotopic (exact) mass is 373 g/mol. The first-order chi connectivity index (χ1) is 9.86. The SMILES string of the molecule is CCC1CC(C(=O)O)=CCN1S(=O)(=O)c1ccc(Br)cc1. The van der Waals surface area contributed by atoms with Gasteiger partial charge in [0.25, 0.3) is 0 Å². The van der Waals surface area contributed by atoms with Crippen LogP contribution in [0.25, 0.3) is 0 Å². The molecule has 0 aromatic heterocycles. The van der Waals surface area contributed by atoms with E-state index in [4.69, 9.17) is 5.11 Å². The summed E-state index contributed by atoms with van der Waals surface area (Å²) >= 11 is 3.27. The van der Waals surface area contributed by atoms with Gasteiger partial charge in [0, 0.05) is 22.6 Å². The van der Waals surface area contributed by atoms with Crippen LogP contribution < -0.4 is 0 Å². The van der Waals surface area contributed by atoms with E-state index >= 15 is 0 Å². The van der Waals surface area contributed by atoms with Gasteiger partial charge >= 0.3 is 5.97 Å². The van der Waals surface area contributed by atoms with Gasteiger partial charge in [-0.1, -0.05) is 28.9 Å². The number of hydrogen-bond acceptors (Lipinski definition) is 3. The van der Waals surface area contributed by atoms with Crippen LogP contribution in [0, 0.1) is 0 Å². The van der Waals surface area contributed by atoms with Crippen LogP contribution in [0.5, 0.6) is 0 Å². The highest BCUT2D eigenvalue weighted by molar-refractivity contribution is 9.10. The van der Waals surface area contributed by atoms with Crippen molar-refractivity contribution in [3.8, 4) is 0 Å². The molecule has 7 heteroatoms. The summed E-state index contributed by atoms with van der Waals surface area (Å²) in [4.78, 5) is 11.3. The highest BCUT2D eigenvalue weighted by atomic mass is 79.9. The Morgan fingerprint density at radius 1 is 1.38 bits per heavy atom. The molecule has 1 unspecified atom stereocenters. The standard InChI is InChI=1S/C14H16BrNO4S/c1-2-12-9-10(14(17)18)7-8-16(12)21(19,20)13-5-3-11(15)4-6-13/h3-7,12H,2,8-9H2,1H3,(H,17,18). The van der Waals surface area contributed by atoms with E-state index in [1.54, 1.807) is 24.3 Å². The fraction of sp³-hybridized carbons (Fsp3) is 0.357. The van der Waals surface area contributed by atoms with Crippen molar-refractivity contribution in [3.63, 3.8) is 0 Å². The van der Waals surface area contributed by atoms with Gasteiger partial charge in [-0.15, -0.1) is 0 Å². The number of carboxylic acid groups (broad SMARTS) is 1. The van der Waals surface area contributed by atoms with Crippen molar-refractivity contribution in [2.75, 3.05) is 6.54 Å². The van der Waals surface area contributed by atoms with Gasteiger partial charge in [-0.05, 0) is 37.1 Å². The number of benzene rings is 1. The van der Waals surface area contributed by atoms with Gasteiger partial charge in [0.05, 0.1) is 4.90 Å². The third-order valence-electron chi connectivity index (χ3n) is 3.55. The van der Waals surface area contributed by atoms with Crippen molar-refractivity contribution >= 4 is 31.9 Å². The first kappa shape index (κ1) is 16.2. The number of carboxylic acids is 1. The molecule has 1 heterocycles. The minimum Gasteiger partial charge on any atom is -0.478 e. The molecule has 5 nitrogen and oxygen atoms in total. The van der Waals surface area contributed by atoms with Crippen molar-refractivity contribution in [3.05, 3.63) is 40.4 Å². The second-order valence-electron chi connectivity index (χ2n) is 4.83. The Labute approximate surface area is 132 Å². The predicted molar refractivity (Wildman–Crippen MR) is 82.4 cm³/mol. The molecule has 0 aliphatic carbocycles. The van der Waals surface area contributed by atoms with E-state index in [0.29, 0.717) is 6.42 Å². The van der Waals surface area contributed by atoms with Crippen LogP contribution in [-0.2, 0) is 14.8 Å². The Hall–Kier alpha value is -1.18. The lowest BCUT2D eigenvalue weighted by Gasteiger charge is -2.32. The summed E-state index contributed by atoms with van der Waals surface area (Å²) in [5, 5.41) is 9.05. The van der Waals surface area contributed by atoms with Gasteiger partial charge < -0.3 is 5.11 Å². The maximum Gasteiger partial charge on any atom is 0.331 e. The summed E-state index contributed by atoms with van der Waals surface area (Å²) in [6, 6.07) is 6.12. The molecule has 1 aromatic carbocycles. The Morgan fingerprint density at radius 2 is 2.00 bits per heavy atom. The summed E-state index contributed by atoms with van der Waals surface area (Å²) in [7, 11) is -3.61. The molecule has 0 amide bonds. The van der Waals surface area contributed by atoms with Crippen LogP contribution in [0.2, 0.25) is 0 Å². The van der Waals surface area contributed by atoms with Crippen LogP contribution in [0.3, 0.4) is 0 Å². The lowest BCUT2D eigenvalue weighted by atomic mass is 10.0. The van der Waals surface area contributed by atoms with Crippen molar-refractivity contribution in [2.24, 2.45) is 0 Å². The van der Waals surface area contributed by atoms with Gasteiger partial charge in [0.2, 0.25) is 10.0 Å². The van der Waals surface area contributed by atoms with Crippen molar-refractivity contribution < 1.29 is 18.3 Å². The van der Waals surface area contributed by atoms with Crippen LogP contribution in [-0.4, -0.2) is 36.4 Å². The highest BCUT2D eigenvalue weighted by Crippen LogP contribution is 2.27. The van der Waals surface area contributed by atoms with Crippen LogP contribution in [0.15, 0.2) is 45.3 Å². The smallest absolute Gasteiger partial charge is 0.331 e. The van der Waals surface area contributed by atoms with Crippen LogP contribution in [0.1, 0.15) is 19.8 Å². The molecule has 0 fully saturated rings. The summed E-state index contributed by atoms with van der Waals surface area (Å²) in [5.74, 6) is -0.978. The van der Waals surface area contributed by atoms with Gasteiger partial charge in [0.1, 0.15) is 0 Å². The zero-order chi connectivity index (χ0) is 15.6. The molecule has 0 saturated carbocycles. The average molecular weight is 374 g/mol. The molecule has 1 aliphatic heterocycles. The average Bonchev–Trinajstić information content (AvgIpc) is 2.46. The first-order valence-electron chi connectivity index (χ1n) is 6.56. The summed E-state index contributed by atoms with van der Waals surface area (Å²) in [6.07, 6.45) is 2.28. The summed E-state index contributed by atoms with van der Waals surface area (Å²) < 4.78 is 27.5. The molecule has 114 valence electrons. The maximum absolute atomic E-state index is 12.7. The Balaban J connectivity index is 2.35. The van der Waals surface area contributed by atoms with Crippen molar-refractivity contribution in [1.82, 2.24) is 4.31 Å². The number of halogens is 1. The number of nitrogens with zero attached hydrogens (tertiary/aromatic N) is 1. The molecule has 0 spiro atoms. The molecule has 1 atom stereocenters.